The van der Waals surface area contributed by atoms with Crippen molar-refractivity contribution in [3.8, 4) is 0 Å². The average molecular weight is 663 g/mol. The lowest BCUT2D eigenvalue weighted by Gasteiger charge is -2.48. The summed E-state index contributed by atoms with van der Waals surface area (Å²) < 4.78 is 23.5. The second-order valence-corrected chi connectivity index (χ2v) is 15.6. The van der Waals surface area contributed by atoms with Crippen LogP contribution >= 0.6 is 0 Å². The molecule has 5 rings (SSSR count). The molecule has 1 aliphatic heterocycles. The van der Waals surface area contributed by atoms with Gasteiger partial charge in [0, 0.05) is 44.2 Å². The first-order valence-corrected chi connectivity index (χ1v) is 18.1. The van der Waals surface area contributed by atoms with E-state index < -0.39 is 11.0 Å². The zero-order valence-electron chi connectivity index (χ0n) is 30.0. The Bertz CT molecular complexity index is 1330. The molecule has 2 aliphatic carbocycles. The molecule has 1 amide bonds. The lowest BCUT2D eigenvalue weighted by molar-refractivity contribution is -0.165. The molecule has 0 bridgehead atoms. The molecule has 1 unspecified atom stereocenters. The molecule has 3 aliphatic rings. The molecular formula is C40H58N2O6. The van der Waals surface area contributed by atoms with Crippen LogP contribution in [0.1, 0.15) is 102 Å². The lowest BCUT2D eigenvalue weighted by atomic mass is 9.67. The smallest absolute Gasteiger partial charge is 0.410 e. The summed E-state index contributed by atoms with van der Waals surface area (Å²) in [4.78, 5) is 31.7. The number of piperidine rings is 1. The second kappa shape index (κ2) is 16.2. The number of nitrogens with zero attached hydrogens (tertiary/aromatic N) is 2. The highest BCUT2D eigenvalue weighted by Gasteiger charge is 2.51. The monoisotopic (exact) mass is 662 g/mol. The minimum atomic E-state index is -0.568. The van der Waals surface area contributed by atoms with Crippen LogP contribution < -0.4 is 0 Å². The van der Waals surface area contributed by atoms with Gasteiger partial charge in [-0.05, 0) is 89.1 Å². The molecule has 0 aromatic heterocycles. The van der Waals surface area contributed by atoms with E-state index in [1.165, 1.54) is 5.56 Å². The van der Waals surface area contributed by atoms with E-state index in [-0.39, 0.29) is 30.1 Å². The summed E-state index contributed by atoms with van der Waals surface area (Å²) in [6.07, 6.45) is 7.45. The Balaban J connectivity index is 1.18. The van der Waals surface area contributed by atoms with Crippen molar-refractivity contribution in [2.24, 2.45) is 10.8 Å². The zero-order valence-corrected chi connectivity index (χ0v) is 30.0. The standard InChI is InChI=1S/C40H58N2O6/c1-6-7-23-46-26-31-13-11-14-32(24-31)27-47-36(43)40(17-12-18-40)29-41-21-19-39(20-22-41,30-45-5)28-42(37(44)48-38(2,3)4)35-25-34(35)33-15-9-8-10-16-33/h8-11,13-16,24,34-35H,6-7,12,17-23,25-30H2,1-5H3/t34?,35-/m1/s1. The molecule has 8 nitrogen and oxygen atoms in total. The van der Waals surface area contributed by atoms with Gasteiger partial charge < -0.3 is 28.7 Å². The van der Waals surface area contributed by atoms with Gasteiger partial charge in [-0.2, -0.15) is 0 Å². The van der Waals surface area contributed by atoms with E-state index in [9.17, 15) is 9.59 Å². The number of amides is 1. The number of carbonyl (C=O) groups is 2. The van der Waals surface area contributed by atoms with Gasteiger partial charge in [0.25, 0.3) is 0 Å². The molecule has 2 saturated carbocycles. The molecule has 2 aromatic rings. The van der Waals surface area contributed by atoms with Gasteiger partial charge in [0.15, 0.2) is 0 Å². The fourth-order valence-electron chi connectivity index (χ4n) is 7.43. The van der Waals surface area contributed by atoms with E-state index in [4.69, 9.17) is 18.9 Å². The molecule has 0 spiro atoms. The van der Waals surface area contributed by atoms with Gasteiger partial charge in [-0.15, -0.1) is 0 Å². The topological polar surface area (TPSA) is 77.5 Å². The predicted molar refractivity (Wildman–Crippen MR) is 188 cm³/mol. The third kappa shape index (κ3) is 9.60. The quantitative estimate of drug-likeness (QED) is 0.134. The van der Waals surface area contributed by atoms with E-state index >= 15 is 0 Å². The maximum absolute atomic E-state index is 13.7. The van der Waals surface area contributed by atoms with Crippen LogP contribution in [0.4, 0.5) is 4.79 Å². The first-order chi connectivity index (χ1) is 23.1. The number of esters is 1. The van der Waals surface area contributed by atoms with Gasteiger partial charge in [-0.1, -0.05) is 74.4 Å². The van der Waals surface area contributed by atoms with Crippen LogP contribution in [0.5, 0.6) is 0 Å². The Hall–Kier alpha value is -2.94. The van der Waals surface area contributed by atoms with Gasteiger partial charge in [0.1, 0.15) is 12.2 Å². The van der Waals surface area contributed by atoms with E-state index in [0.717, 1.165) is 82.2 Å². The SMILES string of the molecule is CCCCOCc1cccc(COC(=O)C2(CN3CCC(COC)(CN(C(=O)OC(C)(C)C)[C@@H]4CC4c4ccccc4)CC3)CCC2)c1. The molecule has 3 fully saturated rings. The van der Waals surface area contributed by atoms with Crippen LogP contribution in [0.25, 0.3) is 0 Å². The van der Waals surface area contributed by atoms with Gasteiger partial charge in [-0.25, -0.2) is 4.79 Å². The van der Waals surface area contributed by atoms with E-state index in [0.29, 0.717) is 32.2 Å². The van der Waals surface area contributed by atoms with E-state index in [1.54, 1.807) is 7.11 Å². The highest BCUT2D eigenvalue weighted by molar-refractivity contribution is 5.78. The third-order valence-corrected chi connectivity index (χ3v) is 10.4. The summed E-state index contributed by atoms with van der Waals surface area (Å²) >= 11 is 0. The summed E-state index contributed by atoms with van der Waals surface area (Å²) in [6.45, 7) is 13.2. The number of rotatable bonds is 16. The molecule has 1 heterocycles. The zero-order chi connectivity index (χ0) is 34.2. The maximum atomic E-state index is 13.7. The van der Waals surface area contributed by atoms with Crippen molar-refractivity contribution >= 4 is 12.1 Å². The van der Waals surface area contributed by atoms with Crippen LogP contribution in [-0.4, -0.2) is 80.0 Å². The molecule has 2 atom stereocenters. The van der Waals surface area contributed by atoms with Crippen LogP contribution in [0, 0.1) is 10.8 Å². The number of carbonyl (C=O) groups excluding carboxylic acids is 2. The lowest BCUT2D eigenvalue weighted by Crippen LogP contribution is -2.54. The van der Waals surface area contributed by atoms with E-state index in [1.807, 2.05) is 43.9 Å². The van der Waals surface area contributed by atoms with Gasteiger partial charge in [0.2, 0.25) is 0 Å². The van der Waals surface area contributed by atoms with Crippen LogP contribution in [-0.2, 0) is 37.0 Å². The Labute approximate surface area is 288 Å². The van der Waals surface area contributed by atoms with Gasteiger partial charge in [0.05, 0.1) is 18.6 Å². The number of unbranched alkanes of at least 4 members (excludes halogenated alkanes) is 1. The second-order valence-electron chi connectivity index (χ2n) is 15.6. The highest BCUT2D eigenvalue weighted by Crippen LogP contribution is 2.48. The summed E-state index contributed by atoms with van der Waals surface area (Å²) in [5.41, 5.74) is 2.19. The molecule has 1 saturated heterocycles. The number of likely N-dealkylation sites (tertiary alicyclic amines) is 1. The normalized spacial score (nSPS) is 21.6. The molecule has 0 N–H and O–H groups in total. The summed E-state index contributed by atoms with van der Waals surface area (Å²) in [5, 5.41) is 0. The first-order valence-electron chi connectivity index (χ1n) is 18.1. The van der Waals surface area contributed by atoms with Crippen LogP contribution in [0.2, 0.25) is 0 Å². The summed E-state index contributed by atoms with van der Waals surface area (Å²) in [5.74, 6) is 0.244. The highest BCUT2D eigenvalue weighted by atomic mass is 16.6. The fourth-order valence-corrected chi connectivity index (χ4v) is 7.43. The Kier molecular flexibility index (Phi) is 12.2. The average Bonchev–Trinajstić information content (AvgIpc) is 3.84. The molecule has 2 aromatic carbocycles. The maximum Gasteiger partial charge on any atom is 0.410 e. The van der Waals surface area contributed by atoms with Crippen molar-refractivity contribution in [2.75, 3.05) is 46.5 Å². The Morgan fingerprint density at radius 3 is 2.29 bits per heavy atom. The largest absolute Gasteiger partial charge is 0.460 e. The van der Waals surface area contributed by atoms with Crippen molar-refractivity contribution in [1.82, 2.24) is 9.80 Å². The Morgan fingerprint density at radius 1 is 0.958 bits per heavy atom. The molecule has 8 heteroatoms. The van der Waals surface area contributed by atoms with Crippen molar-refractivity contribution in [3.63, 3.8) is 0 Å². The summed E-state index contributed by atoms with van der Waals surface area (Å²) in [7, 11) is 1.75. The minimum Gasteiger partial charge on any atom is -0.460 e. The number of hydrogen-bond acceptors (Lipinski definition) is 7. The molecular weight excluding hydrogens is 604 g/mol. The number of methoxy groups -OCH3 is 1. The van der Waals surface area contributed by atoms with Gasteiger partial charge >= 0.3 is 12.1 Å². The Morgan fingerprint density at radius 2 is 1.67 bits per heavy atom. The van der Waals surface area contributed by atoms with Crippen molar-refractivity contribution < 1.29 is 28.5 Å². The third-order valence-electron chi connectivity index (χ3n) is 10.4. The predicted octanol–water partition coefficient (Wildman–Crippen LogP) is 7.74. The summed E-state index contributed by atoms with van der Waals surface area (Å²) in [6, 6.07) is 18.8. The van der Waals surface area contributed by atoms with Crippen LogP contribution in [0.3, 0.4) is 0 Å². The van der Waals surface area contributed by atoms with Crippen molar-refractivity contribution in [1.29, 1.82) is 0 Å². The molecule has 48 heavy (non-hydrogen) atoms. The minimum absolute atomic E-state index is 0.0798. The van der Waals surface area contributed by atoms with Crippen LogP contribution in [0.15, 0.2) is 54.6 Å². The number of ether oxygens (including phenoxy) is 4. The van der Waals surface area contributed by atoms with E-state index in [2.05, 4.69) is 48.2 Å². The number of hydrogen-bond donors (Lipinski definition) is 0. The van der Waals surface area contributed by atoms with Crippen molar-refractivity contribution in [2.45, 2.75) is 110 Å². The fraction of sp³-hybridized carbons (Fsp3) is 0.650. The molecule has 264 valence electrons. The van der Waals surface area contributed by atoms with Gasteiger partial charge in [-0.3, -0.25) is 4.79 Å². The number of benzene rings is 2. The molecule has 0 radical (unpaired) electrons. The van der Waals surface area contributed by atoms with Crippen molar-refractivity contribution in [3.05, 3.63) is 71.3 Å². The first kappa shape index (κ1) is 36.3.